The van der Waals surface area contributed by atoms with Crippen LogP contribution in [-0.2, 0) is 9.53 Å². The van der Waals surface area contributed by atoms with E-state index in [0.717, 1.165) is 5.56 Å². The number of rotatable bonds is 7. The van der Waals surface area contributed by atoms with Crippen molar-refractivity contribution in [3.63, 3.8) is 0 Å². The van der Waals surface area contributed by atoms with Crippen molar-refractivity contribution >= 4 is 39.0 Å². The van der Waals surface area contributed by atoms with Gasteiger partial charge < -0.3 is 10.1 Å². The fraction of sp³-hybridized carbons (Fsp3) is 0.200. The number of para-hydroxylation sites is 1. The molecule has 0 radical (unpaired) electrons. The van der Waals surface area contributed by atoms with E-state index in [-0.39, 0.29) is 29.5 Å². The fourth-order valence-electron chi connectivity index (χ4n) is 3.69. The maximum Gasteiger partial charge on any atom is 0.359 e. The van der Waals surface area contributed by atoms with Crippen LogP contribution in [0, 0.1) is 0 Å². The second-order valence-corrected chi connectivity index (χ2v) is 8.22. The minimum Gasteiger partial charge on any atom is -0.461 e. The Morgan fingerprint density at radius 2 is 1.73 bits per heavy atom. The SMILES string of the molecule is CCOC(=O)c1nn(-c2ccccc2)c(=O)c2c(NC(=O)[C@@H](CC)c3ccccc3)scc12. The first kappa shape index (κ1) is 22.4. The van der Waals surface area contributed by atoms with Crippen LogP contribution >= 0.6 is 11.3 Å². The Morgan fingerprint density at radius 1 is 1.06 bits per heavy atom. The van der Waals surface area contributed by atoms with Gasteiger partial charge in [-0.25, -0.2) is 4.79 Å². The Labute approximate surface area is 194 Å². The van der Waals surface area contributed by atoms with Gasteiger partial charge in [-0.3, -0.25) is 9.59 Å². The van der Waals surface area contributed by atoms with Crippen LogP contribution < -0.4 is 10.9 Å². The summed E-state index contributed by atoms with van der Waals surface area (Å²) >= 11 is 1.19. The highest BCUT2D eigenvalue weighted by Crippen LogP contribution is 2.32. The summed E-state index contributed by atoms with van der Waals surface area (Å²) in [4.78, 5) is 39.2. The lowest BCUT2D eigenvalue weighted by atomic mass is 9.96. The van der Waals surface area contributed by atoms with E-state index in [9.17, 15) is 14.4 Å². The van der Waals surface area contributed by atoms with E-state index in [4.69, 9.17) is 4.74 Å². The molecule has 0 aliphatic rings. The van der Waals surface area contributed by atoms with Gasteiger partial charge in [0, 0.05) is 10.8 Å². The van der Waals surface area contributed by atoms with Gasteiger partial charge in [-0.15, -0.1) is 11.3 Å². The highest BCUT2D eigenvalue weighted by atomic mass is 32.1. The monoisotopic (exact) mass is 461 g/mol. The van der Waals surface area contributed by atoms with Crippen LogP contribution in [-0.4, -0.2) is 28.3 Å². The van der Waals surface area contributed by atoms with E-state index in [0.29, 0.717) is 22.5 Å². The number of hydrogen-bond acceptors (Lipinski definition) is 6. The lowest BCUT2D eigenvalue weighted by Gasteiger charge is -2.15. The van der Waals surface area contributed by atoms with E-state index in [1.807, 2.05) is 43.3 Å². The zero-order valence-electron chi connectivity index (χ0n) is 18.3. The van der Waals surface area contributed by atoms with Crippen molar-refractivity contribution in [2.24, 2.45) is 0 Å². The summed E-state index contributed by atoms with van der Waals surface area (Å²) in [5.41, 5.74) is 1.01. The van der Waals surface area contributed by atoms with Crippen molar-refractivity contribution in [3.05, 3.63) is 87.7 Å². The first-order chi connectivity index (χ1) is 16.0. The van der Waals surface area contributed by atoms with Gasteiger partial charge in [0.15, 0.2) is 5.69 Å². The average Bonchev–Trinajstić information content (AvgIpc) is 3.25. The third kappa shape index (κ3) is 4.42. The average molecular weight is 462 g/mol. The van der Waals surface area contributed by atoms with E-state index >= 15 is 0 Å². The second kappa shape index (κ2) is 9.79. The van der Waals surface area contributed by atoms with Crippen LogP contribution in [0.1, 0.15) is 42.2 Å². The number of aromatic nitrogens is 2. The van der Waals surface area contributed by atoms with Crippen LogP contribution in [0.25, 0.3) is 16.5 Å². The van der Waals surface area contributed by atoms with E-state index in [2.05, 4.69) is 10.4 Å². The van der Waals surface area contributed by atoms with Crippen molar-refractivity contribution in [2.75, 3.05) is 11.9 Å². The Balaban J connectivity index is 1.83. The van der Waals surface area contributed by atoms with Gasteiger partial charge in [0.25, 0.3) is 5.56 Å². The van der Waals surface area contributed by atoms with Gasteiger partial charge in [-0.2, -0.15) is 9.78 Å². The smallest absolute Gasteiger partial charge is 0.359 e. The molecule has 1 atom stereocenters. The van der Waals surface area contributed by atoms with Crippen molar-refractivity contribution < 1.29 is 14.3 Å². The molecule has 0 spiro atoms. The van der Waals surface area contributed by atoms with E-state index < -0.39 is 11.5 Å². The molecule has 33 heavy (non-hydrogen) atoms. The number of nitrogens with one attached hydrogen (secondary N) is 1. The Bertz CT molecular complexity index is 1350. The number of carbonyl (C=O) groups is 2. The van der Waals surface area contributed by atoms with Crippen molar-refractivity contribution in [1.82, 2.24) is 9.78 Å². The number of esters is 1. The first-order valence-electron chi connectivity index (χ1n) is 10.7. The van der Waals surface area contributed by atoms with Crippen LogP contribution in [0.4, 0.5) is 5.00 Å². The molecule has 0 aliphatic carbocycles. The number of anilines is 1. The van der Waals surface area contributed by atoms with Gasteiger partial charge in [-0.05, 0) is 31.0 Å². The molecule has 0 fully saturated rings. The standard InChI is InChI=1S/C25H23N3O4S/c1-3-18(16-11-7-5-8-12-16)22(29)26-23-20-19(15-33-23)21(25(31)32-4-2)27-28(24(20)30)17-13-9-6-10-14-17/h5-15,18H,3-4H2,1-2H3,(H,26,29)/t18-/m0/s1. The summed E-state index contributed by atoms with van der Waals surface area (Å²) in [6, 6.07) is 18.3. The first-order valence-corrected chi connectivity index (χ1v) is 11.6. The molecule has 8 heteroatoms. The lowest BCUT2D eigenvalue weighted by molar-refractivity contribution is -0.117. The van der Waals surface area contributed by atoms with Gasteiger partial charge in [0.1, 0.15) is 5.00 Å². The zero-order chi connectivity index (χ0) is 23.4. The minimum atomic E-state index is -0.626. The summed E-state index contributed by atoms with van der Waals surface area (Å²) < 4.78 is 6.34. The summed E-state index contributed by atoms with van der Waals surface area (Å²) in [5, 5.41) is 9.86. The molecule has 0 bridgehead atoms. The summed E-state index contributed by atoms with van der Waals surface area (Å²) in [6.07, 6.45) is 0.600. The molecule has 0 saturated carbocycles. The van der Waals surface area contributed by atoms with Gasteiger partial charge in [0.2, 0.25) is 5.91 Å². The van der Waals surface area contributed by atoms with E-state index in [1.165, 1.54) is 16.0 Å². The molecule has 0 saturated heterocycles. The molecule has 1 N–H and O–H groups in total. The number of nitrogens with zero attached hydrogens (tertiary/aromatic N) is 2. The fourth-order valence-corrected chi connectivity index (χ4v) is 4.63. The topological polar surface area (TPSA) is 90.3 Å². The number of ether oxygens (including phenoxy) is 1. The molecule has 2 heterocycles. The van der Waals surface area contributed by atoms with Gasteiger partial charge >= 0.3 is 5.97 Å². The maximum absolute atomic E-state index is 13.4. The largest absolute Gasteiger partial charge is 0.461 e. The molecule has 1 amide bonds. The molecule has 2 aromatic carbocycles. The molecule has 0 aliphatic heterocycles. The quantitative estimate of drug-likeness (QED) is 0.401. The zero-order valence-corrected chi connectivity index (χ0v) is 19.1. The summed E-state index contributed by atoms with van der Waals surface area (Å²) in [6.45, 7) is 3.82. The highest BCUT2D eigenvalue weighted by molar-refractivity contribution is 7.16. The molecule has 4 aromatic rings. The number of benzene rings is 2. The third-order valence-electron chi connectivity index (χ3n) is 5.29. The molecule has 0 unspecified atom stereocenters. The number of thiophene rings is 1. The maximum atomic E-state index is 13.4. The van der Waals surface area contributed by atoms with Crippen molar-refractivity contribution in [3.8, 4) is 5.69 Å². The summed E-state index contributed by atoms with van der Waals surface area (Å²) in [5.74, 6) is -1.21. The predicted molar refractivity (Wildman–Crippen MR) is 129 cm³/mol. The Hall–Kier alpha value is -3.78. The molecular formula is C25H23N3O4S. The molecule has 168 valence electrons. The molecular weight excluding hydrogens is 438 g/mol. The third-order valence-corrected chi connectivity index (χ3v) is 6.18. The van der Waals surface area contributed by atoms with Crippen LogP contribution in [0.2, 0.25) is 0 Å². The Kier molecular flexibility index (Phi) is 6.65. The number of fused-ring (bicyclic) bond motifs is 1. The Morgan fingerprint density at radius 3 is 2.36 bits per heavy atom. The van der Waals surface area contributed by atoms with E-state index in [1.54, 1.807) is 36.6 Å². The van der Waals surface area contributed by atoms with Gasteiger partial charge in [0.05, 0.1) is 23.6 Å². The predicted octanol–water partition coefficient (Wildman–Crippen LogP) is 4.76. The number of amides is 1. The molecule has 7 nitrogen and oxygen atoms in total. The summed E-state index contributed by atoms with van der Waals surface area (Å²) in [7, 11) is 0. The van der Waals surface area contributed by atoms with Crippen LogP contribution in [0.5, 0.6) is 0 Å². The number of hydrogen-bond donors (Lipinski definition) is 1. The number of carbonyl (C=O) groups excluding carboxylic acids is 2. The lowest BCUT2D eigenvalue weighted by Crippen LogP contribution is -2.26. The van der Waals surface area contributed by atoms with Crippen LogP contribution in [0.15, 0.2) is 70.8 Å². The molecule has 4 rings (SSSR count). The van der Waals surface area contributed by atoms with Crippen molar-refractivity contribution in [2.45, 2.75) is 26.2 Å². The van der Waals surface area contributed by atoms with Crippen LogP contribution in [0.3, 0.4) is 0 Å². The molecule has 2 aromatic heterocycles. The second-order valence-electron chi connectivity index (χ2n) is 7.34. The van der Waals surface area contributed by atoms with Crippen molar-refractivity contribution in [1.29, 1.82) is 0 Å². The van der Waals surface area contributed by atoms with Gasteiger partial charge in [-0.1, -0.05) is 55.5 Å². The minimum absolute atomic E-state index is 0.0298. The highest BCUT2D eigenvalue weighted by Gasteiger charge is 2.25. The normalized spacial score (nSPS) is 11.8.